The van der Waals surface area contributed by atoms with Crippen LogP contribution in [-0.4, -0.2) is 6.54 Å². The molecule has 4 heteroatoms. The van der Waals surface area contributed by atoms with Crippen molar-refractivity contribution in [2.75, 3.05) is 6.54 Å². The summed E-state index contributed by atoms with van der Waals surface area (Å²) in [4.78, 5) is 0. The van der Waals surface area contributed by atoms with E-state index in [0.717, 1.165) is 12.1 Å². The van der Waals surface area contributed by atoms with E-state index in [1.165, 1.54) is 0 Å². The zero-order valence-electron chi connectivity index (χ0n) is 9.23. The van der Waals surface area contributed by atoms with Gasteiger partial charge < -0.3 is 5.73 Å². The lowest BCUT2D eigenvalue weighted by Gasteiger charge is -2.06. The van der Waals surface area contributed by atoms with Crippen LogP contribution in [0.25, 0.3) is 0 Å². The number of rotatable bonds is 2. The second-order valence-corrected chi connectivity index (χ2v) is 4.92. The number of hydrogen-bond acceptors (Lipinski definition) is 1. The molecule has 2 atom stereocenters. The number of hydrogen-bond donors (Lipinski definition) is 1. The third-order valence-electron chi connectivity index (χ3n) is 3.66. The smallest absolute Gasteiger partial charge is 0.132 e. The van der Waals surface area contributed by atoms with E-state index in [1.807, 2.05) is 13.8 Å². The summed E-state index contributed by atoms with van der Waals surface area (Å²) in [7, 11) is 0. The quantitative estimate of drug-likeness (QED) is 0.829. The van der Waals surface area contributed by atoms with E-state index in [-0.39, 0.29) is 22.8 Å². The predicted molar refractivity (Wildman–Crippen MR) is 55.4 cm³/mol. The summed E-state index contributed by atoms with van der Waals surface area (Å²) < 4.78 is 39.8. The van der Waals surface area contributed by atoms with Crippen LogP contribution in [0.2, 0.25) is 0 Å². The molecule has 1 saturated carbocycles. The van der Waals surface area contributed by atoms with E-state index < -0.39 is 17.5 Å². The molecule has 0 heterocycles. The highest BCUT2D eigenvalue weighted by atomic mass is 19.1. The van der Waals surface area contributed by atoms with Gasteiger partial charge in [-0.15, -0.1) is 0 Å². The van der Waals surface area contributed by atoms with Crippen LogP contribution in [0.15, 0.2) is 12.1 Å². The van der Waals surface area contributed by atoms with Crippen molar-refractivity contribution in [2.24, 2.45) is 17.1 Å². The maximum atomic E-state index is 13.5. The lowest BCUT2D eigenvalue weighted by Crippen LogP contribution is -2.05. The Labute approximate surface area is 92.5 Å². The summed E-state index contributed by atoms with van der Waals surface area (Å²) in [5.74, 6) is -2.71. The fraction of sp³-hybridized carbons (Fsp3) is 0.500. The molecule has 1 aliphatic rings. The monoisotopic (exact) mass is 229 g/mol. The third-order valence-corrected chi connectivity index (χ3v) is 3.66. The summed E-state index contributed by atoms with van der Waals surface area (Å²) in [5, 5.41) is 0. The third kappa shape index (κ3) is 1.52. The van der Waals surface area contributed by atoms with E-state index >= 15 is 0 Å². The van der Waals surface area contributed by atoms with E-state index in [4.69, 9.17) is 5.73 Å². The molecule has 1 nitrogen and oxygen atoms in total. The van der Waals surface area contributed by atoms with E-state index in [9.17, 15) is 13.2 Å². The zero-order chi connectivity index (χ0) is 12.1. The number of benzene rings is 1. The van der Waals surface area contributed by atoms with Crippen LogP contribution in [0, 0.1) is 28.8 Å². The first-order chi connectivity index (χ1) is 7.39. The minimum atomic E-state index is -0.887. The van der Waals surface area contributed by atoms with Crippen LogP contribution in [-0.2, 0) is 0 Å². The molecule has 2 N–H and O–H groups in total. The van der Waals surface area contributed by atoms with Crippen LogP contribution in [0.1, 0.15) is 25.3 Å². The van der Waals surface area contributed by atoms with Gasteiger partial charge in [0, 0.05) is 17.7 Å². The van der Waals surface area contributed by atoms with Gasteiger partial charge >= 0.3 is 0 Å². The van der Waals surface area contributed by atoms with Crippen molar-refractivity contribution >= 4 is 0 Å². The molecular formula is C12H14F3N. The van der Waals surface area contributed by atoms with E-state index in [0.29, 0.717) is 6.54 Å². The van der Waals surface area contributed by atoms with Crippen LogP contribution in [0.3, 0.4) is 0 Å². The Balaban J connectivity index is 2.44. The van der Waals surface area contributed by atoms with Crippen LogP contribution in [0.5, 0.6) is 0 Å². The summed E-state index contributed by atoms with van der Waals surface area (Å²) in [6.07, 6.45) is 0. The highest BCUT2D eigenvalue weighted by Gasteiger charge is 2.59. The van der Waals surface area contributed by atoms with E-state index in [1.54, 1.807) is 0 Å². The van der Waals surface area contributed by atoms with Crippen molar-refractivity contribution < 1.29 is 13.2 Å². The first-order valence-electron chi connectivity index (χ1n) is 5.24. The molecule has 0 bridgehead atoms. The lowest BCUT2D eigenvalue weighted by atomic mass is 10.0. The summed E-state index contributed by atoms with van der Waals surface area (Å²) in [6, 6.07) is 1.45. The van der Waals surface area contributed by atoms with Gasteiger partial charge in [0.05, 0.1) is 0 Å². The minimum Gasteiger partial charge on any atom is -0.330 e. The van der Waals surface area contributed by atoms with Crippen molar-refractivity contribution in [3.05, 3.63) is 35.1 Å². The molecule has 0 spiro atoms. The van der Waals surface area contributed by atoms with Gasteiger partial charge in [0.1, 0.15) is 17.5 Å². The van der Waals surface area contributed by atoms with Crippen molar-refractivity contribution in [3.8, 4) is 0 Å². The first-order valence-corrected chi connectivity index (χ1v) is 5.24. The molecule has 16 heavy (non-hydrogen) atoms. The predicted octanol–water partition coefficient (Wildman–Crippen LogP) is 2.80. The molecule has 1 aromatic carbocycles. The molecule has 1 aromatic rings. The Hall–Kier alpha value is -1.03. The van der Waals surface area contributed by atoms with Gasteiger partial charge in [0.2, 0.25) is 0 Å². The molecule has 0 aliphatic heterocycles. The van der Waals surface area contributed by atoms with Gasteiger partial charge in [0.15, 0.2) is 0 Å². The zero-order valence-corrected chi connectivity index (χ0v) is 9.23. The maximum absolute atomic E-state index is 13.5. The molecule has 1 aliphatic carbocycles. The lowest BCUT2D eigenvalue weighted by molar-refractivity contribution is 0.507. The molecule has 2 rings (SSSR count). The molecular weight excluding hydrogens is 215 g/mol. The highest BCUT2D eigenvalue weighted by molar-refractivity contribution is 5.34. The molecule has 0 unspecified atom stereocenters. The maximum Gasteiger partial charge on any atom is 0.132 e. The molecule has 0 aromatic heterocycles. The van der Waals surface area contributed by atoms with Crippen LogP contribution >= 0.6 is 0 Å². The minimum absolute atomic E-state index is 0.0261. The summed E-state index contributed by atoms with van der Waals surface area (Å²) >= 11 is 0. The van der Waals surface area contributed by atoms with Crippen LogP contribution in [0.4, 0.5) is 13.2 Å². The summed E-state index contributed by atoms with van der Waals surface area (Å²) in [5.41, 5.74) is 5.31. The molecule has 1 fully saturated rings. The van der Waals surface area contributed by atoms with Gasteiger partial charge in [-0.25, -0.2) is 13.2 Å². The fourth-order valence-electron chi connectivity index (χ4n) is 2.61. The standard InChI is InChI=1S/C12H14F3N/c1-12(2)7(5-16)11(12)10-8(14)3-6(13)4-9(10)15/h3-4,7,11H,5,16H2,1-2H3/t7-,11+/m0/s1. The number of nitrogens with two attached hydrogens (primary N) is 1. The topological polar surface area (TPSA) is 26.0 Å². The van der Waals surface area contributed by atoms with Gasteiger partial charge in [0.25, 0.3) is 0 Å². The second-order valence-electron chi connectivity index (χ2n) is 4.92. The summed E-state index contributed by atoms with van der Waals surface area (Å²) in [6.45, 7) is 4.21. The molecule has 0 amide bonds. The van der Waals surface area contributed by atoms with Crippen molar-refractivity contribution in [3.63, 3.8) is 0 Å². The van der Waals surface area contributed by atoms with Crippen molar-refractivity contribution in [1.29, 1.82) is 0 Å². The largest absolute Gasteiger partial charge is 0.330 e. The Morgan fingerprint density at radius 1 is 1.19 bits per heavy atom. The average molecular weight is 229 g/mol. The Morgan fingerprint density at radius 2 is 1.69 bits per heavy atom. The SMILES string of the molecule is CC1(C)[C@@H](CN)[C@@H]1c1c(F)cc(F)cc1F. The average Bonchev–Trinajstić information content (AvgIpc) is 2.66. The fourth-order valence-corrected chi connectivity index (χ4v) is 2.61. The van der Waals surface area contributed by atoms with Gasteiger partial charge in [-0.3, -0.25) is 0 Å². The van der Waals surface area contributed by atoms with Gasteiger partial charge in [-0.05, 0) is 23.8 Å². The highest BCUT2D eigenvalue weighted by Crippen LogP contribution is 2.64. The molecule has 88 valence electrons. The normalized spacial score (nSPS) is 26.9. The van der Waals surface area contributed by atoms with Gasteiger partial charge in [-0.1, -0.05) is 13.8 Å². The van der Waals surface area contributed by atoms with Crippen molar-refractivity contribution in [1.82, 2.24) is 0 Å². The Bertz CT molecular complexity index is 405. The Kier molecular flexibility index (Phi) is 2.49. The van der Waals surface area contributed by atoms with E-state index in [2.05, 4.69) is 0 Å². The number of halogens is 3. The first kappa shape index (κ1) is 11.5. The van der Waals surface area contributed by atoms with Gasteiger partial charge in [-0.2, -0.15) is 0 Å². The Morgan fingerprint density at radius 3 is 2.06 bits per heavy atom. The second kappa shape index (κ2) is 3.48. The van der Waals surface area contributed by atoms with Crippen molar-refractivity contribution in [2.45, 2.75) is 19.8 Å². The molecule has 0 saturated heterocycles. The molecule has 0 radical (unpaired) electrons. The van der Waals surface area contributed by atoms with Crippen LogP contribution < -0.4 is 5.73 Å².